The third-order valence-electron chi connectivity index (χ3n) is 4.91. The number of ether oxygens (including phenoxy) is 2. The normalized spacial score (nSPS) is 14.9. The molecule has 0 atom stereocenters. The molecule has 2 heterocycles. The lowest BCUT2D eigenvalue weighted by atomic mass is 9.93. The Bertz CT molecular complexity index is 680. The number of aromatic nitrogens is 1. The van der Waals surface area contributed by atoms with E-state index in [1.807, 2.05) is 41.3 Å². The summed E-state index contributed by atoms with van der Waals surface area (Å²) in [6.07, 6.45) is 7.05. The first kappa shape index (κ1) is 18.2. The predicted octanol–water partition coefficient (Wildman–Crippen LogP) is 3.34. The van der Waals surface area contributed by atoms with Crippen LogP contribution in [-0.4, -0.2) is 42.6 Å². The van der Waals surface area contributed by atoms with Crippen LogP contribution < -0.4 is 9.47 Å². The Morgan fingerprint density at radius 2 is 1.92 bits per heavy atom. The zero-order valence-corrected chi connectivity index (χ0v) is 15.3. The highest BCUT2D eigenvalue weighted by Gasteiger charge is 2.22. The molecule has 0 radical (unpaired) electrons. The predicted molar refractivity (Wildman–Crippen MR) is 100 cm³/mol. The molecule has 2 aromatic rings. The van der Waals surface area contributed by atoms with Gasteiger partial charge in [0.25, 0.3) is 0 Å². The fraction of sp³-hybridized carbons (Fsp3) is 0.429. The molecule has 0 bridgehead atoms. The van der Waals surface area contributed by atoms with Crippen molar-refractivity contribution in [3.63, 3.8) is 0 Å². The molecular formula is C21H26N2O3. The maximum absolute atomic E-state index is 12.5. The molecule has 1 saturated heterocycles. The monoisotopic (exact) mass is 354 g/mol. The number of likely N-dealkylation sites (tertiary alicyclic amines) is 1. The van der Waals surface area contributed by atoms with Gasteiger partial charge in [-0.05, 0) is 55.0 Å². The minimum absolute atomic E-state index is 0.209. The molecule has 138 valence electrons. The first-order chi connectivity index (χ1) is 12.7. The summed E-state index contributed by atoms with van der Waals surface area (Å²) < 4.78 is 10.9. The van der Waals surface area contributed by atoms with Crippen molar-refractivity contribution in [3.8, 4) is 11.5 Å². The first-order valence-corrected chi connectivity index (χ1v) is 9.18. The lowest BCUT2D eigenvalue weighted by Gasteiger charge is -2.32. The van der Waals surface area contributed by atoms with E-state index in [2.05, 4.69) is 4.98 Å². The number of benzene rings is 1. The Morgan fingerprint density at radius 1 is 1.15 bits per heavy atom. The summed E-state index contributed by atoms with van der Waals surface area (Å²) in [4.78, 5) is 18.5. The molecule has 0 spiro atoms. The van der Waals surface area contributed by atoms with E-state index in [0.29, 0.717) is 18.9 Å². The number of amides is 1. The first-order valence-electron chi connectivity index (χ1n) is 9.18. The average Bonchev–Trinajstić information content (AvgIpc) is 2.70. The zero-order valence-electron chi connectivity index (χ0n) is 15.3. The van der Waals surface area contributed by atoms with Crippen LogP contribution in [0.2, 0.25) is 0 Å². The summed E-state index contributed by atoms with van der Waals surface area (Å²) in [5, 5.41) is 0. The van der Waals surface area contributed by atoms with Crippen molar-refractivity contribution in [3.05, 3.63) is 54.4 Å². The van der Waals surface area contributed by atoms with E-state index in [9.17, 15) is 4.79 Å². The summed E-state index contributed by atoms with van der Waals surface area (Å²) in [6.45, 7) is 2.38. The molecule has 1 aliphatic rings. The quantitative estimate of drug-likeness (QED) is 0.765. The number of pyridine rings is 1. The van der Waals surface area contributed by atoms with Crippen LogP contribution in [0.25, 0.3) is 0 Å². The minimum atomic E-state index is 0.209. The molecule has 1 aliphatic heterocycles. The molecule has 26 heavy (non-hydrogen) atoms. The fourth-order valence-electron chi connectivity index (χ4n) is 3.28. The van der Waals surface area contributed by atoms with Crippen molar-refractivity contribution >= 4 is 5.91 Å². The van der Waals surface area contributed by atoms with E-state index in [-0.39, 0.29) is 5.91 Å². The highest BCUT2D eigenvalue weighted by Crippen LogP contribution is 2.22. The Kier molecular flexibility index (Phi) is 6.47. The number of nitrogens with zero attached hydrogens (tertiary/aromatic N) is 2. The molecule has 1 amide bonds. The van der Waals surface area contributed by atoms with Gasteiger partial charge in [0, 0.05) is 19.3 Å². The van der Waals surface area contributed by atoms with Gasteiger partial charge in [-0.25, -0.2) is 0 Å². The summed E-state index contributed by atoms with van der Waals surface area (Å²) in [7, 11) is 1.64. The molecular weight excluding hydrogens is 328 g/mol. The van der Waals surface area contributed by atoms with Gasteiger partial charge in [0.2, 0.25) is 5.91 Å². The van der Waals surface area contributed by atoms with Crippen LogP contribution in [0, 0.1) is 5.92 Å². The maximum Gasteiger partial charge on any atom is 0.226 e. The molecule has 1 aromatic carbocycles. The van der Waals surface area contributed by atoms with E-state index < -0.39 is 0 Å². The Balaban J connectivity index is 1.37. The van der Waals surface area contributed by atoms with E-state index in [1.165, 1.54) is 0 Å². The van der Waals surface area contributed by atoms with Crippen LogP contribution >= 0.6 is 0 Å². The molecule has 0 unspecified atom stereocenters. The highest BCUT2D eigenvalue weighted by atomic mass is 16.5. The lowest BCUT2D eigenvalue weighted by Crippen LogP contribution is -2.39. The summed E-state index contributed by atoms with van der Waals surface area (Å²) in [5.74, 6) is 2.46. The van der Waals surface area contributed by atoms with Crippen molar-refractivity contribution in [1.82, 2.24) is 9.88 Å². The van der Waals surface area contributed by atoms with Gasteiger partial charge in [-0.15, -0.1) is 0 Å². The van der Waals surface area contributed by atoms with Crippen molar-refractivity contribution in [1.29, 1.82) is 0 Å². The zero-order chi connectivity index (χ0) is 18.2. The molecule has 1 fully saturated rings. The average molecular weight is 354 g/mol. The topological polar surface area (TPSA) is 51.7 Å². The van der Waals surface area contributed by atoms with E-state index in [0.717, 1.165) is 49.4 Å². The van der Waals surface area contributed by atoms with Crippen LogP contribution in [0.3, 0.4) is 0 Å². The molecule has 0 aliphatic carbocycles. The van der Waals surface area contributed by atoms with E-state index in [4.69, 9.17) is 9.47 Å². The third-order valence-corrected chi connectivity index (χ3v) is 4.91. The van der Waals surface area contributed by atoms with E-state index >= 15 is 0 Å². The van der Waals surface area contributed by atoms with Gasteiger partial charge in [0.15, 0.2) is 0 Å². The summed E-state index contributed by atoms with van der Waals surface area (Å²) in [6, 6.07) is 11.5. The number of carbonyl (C=O) groups is 1. The number of hydrogen-bond donors (Lipinski definition) is 0. The van der Waals surface area contributed by atoms with Gasteiger partial charge in [-0.3, -0.25) is 9.78 Å². The van der Waals surface area contributed by atoms with Crippen LogP contribution in [0.4, 0.5) is 0 Å². The lowest BCUT2D eigenvalue weighted by molar-refractivity contribution is -0.131. The number of carbonyl (C=O) groups excluding carboxylic acids is 1. The van der Waals surface area contributed by atoms with Crippen molar-refractivity contribution in [2.24, 2.45) is 5.92 Å². The number of hydrogen-bond acceptors (Lipinski definition) is 4. The highest BCUT2D eigenvalue weighted by molar-refractivity contribution is 5.78. The molecule has 0 saturated carbocycles. The smallest absolute Gasteiger partial charge is 0.226 e. The van der Waals surface area contributed by atoms with E-state index in [1.54, 1.807) is 19.5 Å². The number of rotatable bonds is 7. The summed E-state index contributed by atoms with van der Waals surface area (Å²) in [5.41, 5.74) is 1.03. The second-order valence-electron chi connectivity index (χ2n) is 6.67. The van der Waals surface area contributed by atoms with Crippen molar-refractivity contribution < 1.29 is 14.3 Å². The van der Waals surface area contributed by atoms with Gasteiger partial charge in [-0.2, -0.15) is 0 Å². The SMILES string of the molecule is COc1ccc(CC(=O)N2CCC(CCOc3cccnc3)CC2)cc1. The Morgan fingerprint density at radius 3 is 2.58 bits per heavy atom. The second kappa shape index (κ2) is 9.22. The number of piperidine rings is 1. The standard InChI is InChI=1S/C21H26N2O3/c1-25-19-6-4-18(5-7-19)15-21(24)23-12-8-17(9-13-23)10-14-26-20-3-2-11-22-16-20/h2-7,11,16-17H,8-10,12-15H2,1H3. The van der Waals surface area contributed by atoms with Gasteiger partial charge >= 0.3 is 0 Å². The van der Waals surface area contributed by atoms with Gasteiger partial charge < -0.3 is 14.4 Å². The Labute approximate surface area is 155 Å². The molecule has 0 N–H and O–H groups in total. The molecule has 3 rings (SSSR count). The second-order valence-corrected chi connectivity index (χ2v) is 6.67. The summed E-state index contributed by atoms with van der Waals surface area (Å²) >= 11 is 0. The maximum atomic E-state index is 12.5. The Hall–Kier alpha value is -2.56. The third kappa shape index (κ3) is 5.22. The van der Waals surface area contributed by atoms with Crippen molar-refractivity contribution in [2.75, 3.05) is 26.8 Å². The van der Waals surface area contributed by atoms with Crippen LogP contribution in [-0.2, 0) is 11.2 Å². The van der Waals surface area contributed by atoms with Crippen LogP contribution in [0.5, 0.6) is 11.5 Å². The van der Waals surface area contributed by atoms with Crippen molar-refractivity contribution in [2.45, 2.75) is 25.7 Å². The van der Waals surface area contributed by atoms with Gasteiger partial charge in [0.05, 0.1) is 26.3 Å². The van der Waals surface area contributed by atoms with Gasteiger partial charge in [-0.1, -0.05) is 12.1 Å². The number of methoxy groups -OCH3 is 1. The minimum Gasteiger partial charge on any atom is -0.497 e. The van der Waals surface area contributed by atoms with Gasteiger partial charge in [0.1, 0.15) is 11.5 Å². The molecule has 5 nitrogen and oxygen atoms in total. The van der Waals surface area contributed by atoms with Crippen LogP contribution in [0.1, 0.15) is 24.8 Å². The van der Waals surface area contributed by atoms with Crippen LogP contribution in [0.15, 0.2) is 48.8 Å². The molecule has 1 aromatic heterocycles. The largest absolute Gasteiger partial charge is 0.497 e. The molecule has 5 heteroatoms. The fourth-order valence-corrected chi connectivity index (χ4v) is 3.28.